The number of imidazole rings is 1. The maximum atomic E-state index is 10.7. The highest BCUT2D eigenvalue weighted by molar-refractivity contribution is 5.00. The summed E-state index contributed by atoms with van der Waals surface area (Å²) in [4.78, 5) is 6.82. The topological polar surface area (TPSA) is 41.3 Å². The molecule has 0 aromatic carbocycles. The Morgan fingerprint density at radius 1 is 1.33 bits per heavy atom. The predicted octanol–water partition coefficient (Wildman–Crippen LogP) is 1.68. The average molecular weight is 251 g/mol. The fraction of sp³-hybridized carbons (Fsp3) is 0.786. The van der Waals surface area contributed by atoms with Crippen LogP contribution in [0.2, 0.25) is 0 Å². The van der Waals surface area contributed by atoms with Crippen LogP contribution in [-0.4, -0.2) is 44.8 Å². The summed E-state index contributed by atoms with van der Waals surface area (Å²) in [6, 6.07) is 0. The molecular formula is C14H25N3O. The number of piperidine rings is 1. The molecule has 0 unspecified atom stereocenters. The van der Waals surface area contributed by atoms with Crippen LogP contribution in [0.15, 0.2) is 12.4 Å². The lowest BCUT2D eigenvalue weighted by molar-refractivity contribution is -0.0224. The first-order valence-corrected chi connectivity index (χ1v) is 7.11. The lowest BCUT2D eigenvalue weighted by atomic mass is 9.88. The van der Waals surface area contributed by atoms with E-state index in [1.165, 1.54) is 6.42 Å². The van der Waals surface area contributed by atoms with Crippen molar-refractivity contribution < 1.29 is 5.11 Å². The molecule has 0 saturated carbocycles. The maximum Gasteiger partial charge on any atom is 0.111 e. The molecule has 1 saturated heterocycles. The second-order valence-electron chi connectivity index (χ2n) is 5.37. The van der Waals surface area contributed by atoms with Crippen LogP contribution in [0, 0.1) is 0 Å². The summed E-state index contributed by atoms with van der Waals surface area (Å²) in [5.74, 6) is 1.02. The van der Waals surface area contributed by atoms with E-state index in [4.69, 9.17) is 0 Å². The molecule has 1 fully saturated rings. The van der Waals surface area contributed by atoms with Crippen LogP contribution in [0.25, 0.3) is 0 Å². The molecule has 2 rings (SSSR count). The number of rotatable bonds is 5. The van der Waals surface area contributed by atoms with E-state index in [-0.39, 0.29) is 0 Å². The summed E-state index contributed by atoms with van der Waals surface area (Å²) >= 11 is 0. The lowest BCUT2D eigenvalue weighted by Crippen LogP contribution is -2.46. The van der Waals surface area contributed by atoms with E-state index in [1.807, 2.05) is 12.4 Å². The fourth-order valence-corrected chi connectivity index (χ4v) is 2.78. The van der Waals surface area contributed by atoms with Gasteiger partial charge in [-0.3, -0.25) is 0 Å². The van der Waals surface area contributed by atoms with Crippen molar-refractivity contribution in [3.63, 3.8) is 0 Å². The highest BCUT2D eigenvalue weighted by atomic mass is 16.3. The van der Waals surface area contributed by atoms with Gasteiger partial charge in [0.05, 0.1) is 5.60 Å². The van der Waals surface area contributed by atoms with Crippen LogP contribution in [0.1, 0.15) is 38.9 Å². The average Bonchev–Trinajstić information content (AvgIpc) is 2.79. The Labute approximate surface area is 110 Å². The summed E-state index contributed by atoms with van der Waals surface area (Å²) in [5.41, 5.74) is -0.553. The molecule has 0 radical (unpaired) electrons. The largest absolute Gasteiger partial charge is 0.389 e. The Hall–Kier alpha value is -0.870. The number of hydrogen-bond acceptors (Lipinski definition) is 3. The van der Waals surface area contributed by atoms with Crippen molar-refractivity contribution in [2.75, 3.05) is 19.6 Å². The summed E-state index contributed by atoms with van der Waals surface area (Å²) in [6.45, 7) is 8.42. The summed E-state index contributed by atoms with van der Waals surface area (Å²) < 4.78 is 2.12. The standard InChI is InChI=1S/C14H25N3O/c1-3-8-16-9-5-14(18,6-10-16)12-13-15-7-11-17(13)4-2/h7,11,18H,3-6,8-10,12H2,1-2H3. The number of aryl methyl sites for hydroxylation is 1. The zero-order valence-electron chi connectivity index (χ0n) is 11.6. The zero-order chi connectivity index (χ0) is 13.0. The summed E-state index contributed by atoms with van der Waals surface area (Å²) in [6.07, 6.45) is 7.43. The van der Waals surface area contributed by atoms with Crippen LogP contribution in [-0.2, 0) is 13.0 Å². The molecule has 2 heterocycles. The number of likely N-dealkylation sites (tertiary alicyclic amines) is 1. The van der Waals surface area contributed by atoms with Gasteiger partial charge < -0.3 is 14.6 Å². The van der Waals surface area contributed by atoms with Crippen molar-refractivity contribution in [2.45, 2.75) is 51.7 Å². The molecule has 1 aromatic heterocycles. The van der Waals surface area contributed by atoms with Crippen LogP contribution >= 0.6 is 0 Å². The molecule has 0 amide bonds. The molecule has 1 aliphatic heterocycles. The molecule has 4 nitrogen and oxygen atoms in total. The molecule has 0 atom stereocenters. The Kier molecular flexibility index (Phi) is 4.40. The molecule has 102 valence electrons. The monoisotopic (exact) mass is 251 g/mol. The van der Waals surface area contributed by atoms with Gasteiger partial charge in [0.25, 0.3) is 0 Å². The van der Waals surface area contributed by atoms with Crippen molar-refractivity contribution in [3.05, 3.63) is 18.2 Å². The van der Waals surface area contributed by atoms with E-state index < -0.39 is 5.60 Å². The van der Waals surface area contributed by atoms with Gasteiger partial charge in [-0.1, -0.05) is 6.92 Å². The molecular weight excluding hydrogens is 226 g/mol. The van der Waals surface area contributed by atoms with Crippen LogP contribution in [0.3, 0.4) is 0 Å². The molecule has 1 aliphatic rings. The minimum absolute atomic E-state index is 0.553. The first-order chi connectivity index (χ1) is 8.67. The summed E-state index contributed by atoms with van der Waals surface area (Å²) in [7, 11) is 0. The minimum atomic E-state index is -0.553. The van der Waals surface area contributed by atoms with Crippen LogP contribution < -0.4 is 0 Å². The van der Waals surface area contributed by atoms with Crippen LogP contribution in [0.5, 0.6) is 0 Å². The number of aromatic nitrogens is 2. The molecule has 4 heteroatoms. The van der Waals surface area contributed by atoms with Gasteiger partial charge in [0.15, 0.2) is 0 Å². The molecule has 18 heavy (non-hydrogen) atoms. The quantitative estimate of drug-likeness (QED) is 0.865. The van der Waals surface area contributed by atoms with Crippen molar-refractivity contribution in [3.8, 4) is 0 Å². The van der Waals surface area contributed by atoms with E-state index in [0.29, 0.717) is 6.42 Å². The highest BCUT2D eigenvalue weighted by Gasteiger charge is 2.33. The van der Waals surface area contributed by atoms with Crippen molar-refractivity contribution in [1.29, 1.82) is 0 Å². The third-order valence-corrected chi connectivity index (χ3v) is 3.96. The normalized spacial score (nSPS) is 20.2. The zero-order valence-corrected chi connectivity index (χ0v) is 11.6. The second kappa shape index (κ2) is 5.85. The maximum absolute atomic E-state index is 10.7. The summed E-state index contributed by atoms with van der Waals surface area (Å²) in [5, 5.41) is 10.7. The van der Waals surface area contributed by atoms with Gasteiger partial charge in [-0.15, -0.1) is 0 Å². The first-order valence-electron chi connectivity index (χ1n) is 7.11. The van der Waals surface area contributed by atoms with Gasteiger partial charge in [-0.2, -0.15) is 0 Å². The Morgan fingerprint density at radius 3 is 2.67 bits per heavy atom. The number of aliphatic hydroxyl groups is 1. The molecule has 1 aromatic rings. The van der Waals surface area contributed by atoms with Gasteiger partial charge in [0, 0.05) is 38.4 Å². The van der Waals surface area contributed by atoms with Gasteiger partial charge >= 0.3 is 0 Å². The Bertz CT molecular complexity index is 367. The fourth-order valence-electron chi connectivity index (χ4n) is 2.78. The highest BCUT2D eigenvalue weighted by Crippen LogP contribution is 2.25. The van der Waals surface area contributed by atoms with Gasteiger partial charge in [0.2, 0.25) is 0 Å². The Balaban J connectivity index is 1.93. The number of hydrogen-bond donors (Lipinski definition) is 1. The van der Waals surface area contributed by atoms with Crippen molar-refractivity contribution in [1.82, 2.24) is 14.5 Å². The Morgan fingerprint density at radius 2 is 2.06 bits per heavy atom. The minimum Gasteiger partial charge on any atom is -0.389 e. The smallest absolute Gasteiger partial charge is 0.111 e. The van der Waals surface area contributed by atoms with E-state index in [1.54, 1.807) is 0 Å². The van der Waals surface area contributed by atoms with E-state index in [2.05, 4.69) is 28.3 Å². The SMILES string of the molecule is CCCN1CCC(O)(Cc2nccn2CC)CC1. The van der Waals surface area contributed by atoms with Crippen molar-refractivity contribution in [2.24, 2.45) is 0 Å². The number of nitrogens with zero attached hydrogens (tertiary/aromatic N) is 3. The van der Waals surface area contributed by atoms with Gasteiger partial charge in [-0.05, 0) is 32.7 Å². The molecule has 0 bridgehead atoms. The third kappa shape index (κ3) is 3.12. The van der Waals surface area contributed by atoms with Crippen LogP contribution in [0.4, 0.5) is 0 Å². The first kappa shape index (κ1) is 13.6. The third-order valence-electron chi connectivity index (χ3n) is 3.96. The second-order valence-corrected chi connectivity index (χ2v) is 5.37. The molecule has 0 spiro atoms. The molecule has 0 aliphatic carbocycles. The van der Waals surface area contributed by atoms with Crippen molar-refractivity contribution >= 4 is 0 Å². The van der Waals surface area contributed by atoms with E-state index in [0.717, 1.165) is 44.8 Å². The van der Waals surface area contributed by atoms with Gasteiger partial charge in [0.1, 0.15) is 5.82 Å². The predicted molar refractivity (Wildman–Crippen MR) is 72.5 cm³/mol. The van der Waals surface area contributed by atoms with E-state index >= 15 is 0 Å². The molecule has 1 N–H and O–H groups in total. The van der Waals surface area contributed by atoms with E-state index in [9.17, 15) is 5.11 Å². The lowest BCUT2D eigenvalue weighted by Gasteiger charge is -2.38. The van der Waals surface area contributed by atoms with Gasteiger partial charge in [-0.25, -0.2) is 4.98 Å².